The molecule has 2 atom stereocenters. The number of fused-ring (bicyclic) bond motifs is 2. The number of alkyl halides is 1. The third kappa shape index (κ3) is 9.46. The first-order valence-electron chi connectivity index (χ1n) is 23.4. The van der Waals surface area contributed by atoms with E-state index in [0.717, 1.165) is 110 Å². The molecule has 69 heavy (non-hydrogen) atoms. The number of aromatic nitrogens is 3. The van der Waals surface area contributed by atoms with Gasteiger partial charge in [0.1, 0.15) is 29.5 Å². The van der Waals surface area contributed by atoms with Gasteiger partial charge in [0.25, 0.3) is 0 Å². The molecule has 4 N–H and O–H groups in total. The Kier molecular flexibility index (Phi) is 12.8. The Balaban J connectivity index is 0.730. The van der Waals surface area contributed by atoms with Gasteiger partial charge in [0.2, 0.25) is 17.6 Å². The molecule has 2 aromatic carbocycles. The zero-order valence-electron chi connectivity index (χ0n) is 37.7. The van der Waals surface area contributed by atoms with Crippen molar-refractivity contribution in [3.8, 4) is 11.1 Å². The molecule has 17 nitrogen and oxygen atoms in total. The third-order valence-corrected chi connectivity index (χ3v) is 15.5. The second-order valence-electron chi connectivity index (χ2n) is 18.4. The molecule has 0 aliphatic carbocycles. The Labute approximate surface area is 396 Å². The second kappa shape index (κ2) is 19.1. The SMILES string of the molecule is O=C1CCC(NC(=O)N2CCCc3c(N4CCN(CC5CCN(c6ccc(-c7cnc8[nH]cc(C(=O)c9c(F)ccc(NS(=O)(=O)N%10CC[C@@H](F)C%10)c9F)c8c7)cc6)CC5)CC4)ccnc32)C(=O)N1. The van der Waals surface area contributed by atoms with Crippen molar-refractivity contribution in [1.82, 2.24) is 34.8 Å². The minimum atomic E-state index is -4.36. The zero-order valence-corrected chi connectivity index (χ0v) is 38.5. The average Bonchev–Trinajstić information content (AvgIpc) is 4.00. The highest BCUT2D eigenvalue weighted by Crippen LogP contribution is 2.35. The molecule has 5 aliphatic rings. The van der Waals surface area contributed by atoms with Crippen LogP contribution in [0.4, 0.5) is 40.8 Å². The summed E-state index contributed by atoms with van der Waals surface area (Å²) in [5, 5.41) is 5.43. The summed E-state index contributed by atoms with van der Waals surface area (Å²) in [6.07, 6.45) is 7.51. The van der Waals surface area contributed by atoms with Gasteiger partial charge in [0, 0.05) is 124 Å². The van der Waals surface area contributed by atoms with Crippen molar-refractivity contribution < 1.29 is 40.8 Å². The lowest BCUT2D eigenvalue weighted by atomic mass is 9.95. The molecule has 0 radical (unpaired) electrons. The van der Waals surface area contributed by atoms with Crippen LogP contribution in [0.3, 0.4) is 0 Å². The lowest BCUT2D eigenvalue weighted by Gasteiger charge is -2.41. The van der Waals surface area contributed by atoms with Crippen LogP contribution < -0.4 is 30.1 Å². The lowest BCUT2D eigenvalue weighted by molar-refractivity contribution is -0.134. The number of carbonyl (C=O) groups is 4. The number of imide groups is 1. The molecule has 5 aromatic rings. The van der Waals surface area contributed by atoms with Gasteiger partial charge < -0.3 is 20.1 Å². The van der Waals surface area contributed by atoms with Crippen LogP contribution in [0.5, 0.6) is 0 Å². The van der Waals surface area contributed by atoms with Crippen LogP contribution in [-0.4, -0.2) is 134 Å². The summed E-state index contributed by atoms with van der Waals surface area (Å²) < 4.78 is 73.2. The first-order chi connectivity index (χ1) is 33.3. The Morgan fingerprint density at radius 2 is 1.62 bits per heavy atom. The second-order valence-corrected chi connectivity index (χ2v) is 20.1. The summed E-state index contributed by atoms with van der Waals surface area (Å²) in [4.78, 5) is 71.9. The van der Waals surface area contributed by atoms with E-state index in [0.29, 0.717) is 34.9 Å². The molecule has 362 valence electrons. The van der Waals surface area contributed by atoms with Gasteiger partial charge in [-0.3, -0.25) is 34.2 Å². The van der Waals surface area contributed by atoms with E-state index in [-0.39, 0.29) is 49.9 Å². The fraction of sp³-hybridized carbons (Fsp3) is 0.417. The Bertz CT molecular complexity index is 2920. The molecule has 4 fully saturated rings. The number of hydrogen-bond donors (Lipinski definition) is 4. The van der Waals surface area contributed by atoms with Gasteiger partial charge >= 0.3 is 16.2 Å². The number of halogens is 3. The average molecular weight is 968 g/mol. The molecule has 5 aliphatic heterocycles. The number of hydrogen-bond acceptors (Lipinski definition) is 11. The number of amides is 4. The first kappa shape index (κ1) is 46.2. The zero-order chi connectivity index (χ0) is 48.0. The number of ketones is 1. The molecular weight excluding hydrogens is 916 g/mol. The maximum atomic E-state index is 15.8. The van der Waals surface area contributed by atoms with E-state index in [1.807, 2.05) is 22.9 Å². The number of pyridine rings is 2. The van der Waals surface area contributed by atoms with Gasteiger partial charge in [-0.1, -0.05) is 12.1 Å². The summed E-state index contributed by atoms with van der Waals surface area (Å²) >= 11 is 0. The summed E-state index contributed by atoms with van der Waals surface area (Å²) in [5.74, 6) is -3.19. The van der Waals surface area contributed by atoms with Gasteiger partial charge in [-0.15, -0.1) is 0 Å². The van der Waals surface area contributed by atoms with E-state index in [1.54, 1.807) is 23.4 Å². The van der Waals surface area contributed by atoms with Crippen molar-refractivity contribution >= 4 is 67.8 Å². The van der Waals surface area contributed by atoms with Crippen LogP contribution >= 0.6 is 0 Å². The number of urea groups is 1. The minimum Gasteiger partial charge on any atom is -0.372 e. The number of nitrogens with one attached hydrogen (secondary N) is 4. The van der Waals surface area contributed by atoms with Crippen LogP contribution in [0.1, 0.15) is 60.0 Å². The number of benzene rings is 2. The van der Waals surface area contributed by atoms with Crippen LogP contribution in [0.2, 0.25) is 0 Å². The van der Waals surface area contributed by atoms with Crippen molar-refractivity contribution in [2.24, 2.45) is 5.92 Å². The number of rotatable bonds is 11. The number of piperazine rings is 1. The number of carbonyl (C=O) groups excluding carboxylic acids is 4. The van der Waals surface area contributed by atoms with Crippen LogP contribution in [0.15, 0.2) is 67.1 Å². The summed E-state index contributed by atoms with van der Waals surface area (Å²) in [5.41, 5.74) is 3.44. The fourth-order valence-electron chi connectivity index (χ4n) is 10.2. The Morgan fingerprint density at radius 1 is 0.841 bits per heavy atom. The van der Waals surface area contributed by atoms with E-state index in [9.17, 15) is 32.0 Å². The monoisotopic (exact) mass is 967 g/mol. The molecular formula is C48H52F3N11O6S. The maximum absolute atomic E-state index is 15.8. The molecule has 8 heterocycles. The smallest absolute Gasteiger partial charge is 0.323 e. The number of aromatic amines is 1. The number of nitrogens with zero attached hydrogens (tertiary/aromatic N) is 7. The lowest BCUT2D eigenvalue weighted by Crippen LogP contribution is -2.56. The highest BCUT2D eigenvalue weighted by atomic mass is 32.2. The topological polar surface area (TPSA) is 196 Å². The molecule has 3 aromatic heterocycles. The van der Waals surface area contributed by atoms with E-state index in [2.05, 4.69) is 52.4 Å². The third-order valence-electron chi connectivity index (χ3n) is 14.0. The molecule has 4 amide bonds. The normalized spacial score (nSPS) is 20.8. The van der Waals surface area contributed by atoms with Crippen LogP contribution in [0.25, 0.3) is 22.2 Å². The molecule has 0 spiro atoms. The largest absolute Gasteiger partial charge is 0.372 e. The highest BCUT2D eigenvalue weighted by Gasteiger charge is 2.35. The van der Waals surface area contributed by atoms with Crippen molar-refractivity contribution in [2.75, 3.05) is 84.9 Å². The minimum absolute atomic E-state index is 0.00217. The molecule has 0 saturated carbocycles. The van der Waals surface area contributed by atoms with E-state index >= 15 is 8.78 Å². The number of anilines is 4. The molecule has 10 rings (SSSR count). The van der Waals surface area contributed by atoms with Crippen LogP contribution in [0, 0.1) is 17.6 Å². The van der Waals surface area contributed by atoms with E-state index in [1.165, 1.54) is 6.20 Å². The predicted molar refractivity (Wildman–Crippen MR) is 253 cm³/mol. The van der Waals surface area contributed by atoms with Gasteiger partial charge in [-0.25, -0.2) is 27.9 Å². The quantitative estimate of drug-likeness (QED) is 0.101. The van der Waals surface area contributed by atoms with Gasteiger partial charge in [-0.2, -0.15) is 12.7 Å². The molecule has 4 saturated heterocycles. The Morgan fingerprint density at radius 3 is 2.36 bits per heavy atom. The predicted octanol–water partition coefficient (Wildman–Crippen LogP) is 5.14. The fourth-order valence-corrected chi connectivity index (χ4v) is 11.5. The first-order valence-corrected chi connectivity index (χ1v) is 24.9. The molecule has 1 unspecified atom stereocenters. The van der Waals surface area contributed by atoms with Crippen molar-refractivity contribution in [1.29, 1.82) is 0 Å². The number of piperidine rings is 2. The number of H-pyrrole nitrogens is 1. The van der Waals surface area contributed by atoms with Gasteiger partial charge in [0.15, 0.2) is 5.82 Å². The van der Waals surface area contributed by atoms with Gasteiger partial charge in [0.05, 0.1) is 11.3 Å². The summed E-state index contributed by atoms with van der Waals surface area (Å²) in [6.45, 7) is 6.41. The van der Waals surface area contributed by atoms with E-state index < -0.39 is 57.0 Å². The summed E-state index contributed by atoms with van der Waals surface area (Å²) in [7, 11) is -4.36. The maximum Gasteiger partial charge on any atom is 0.323 e. The highest BCUT2D eigenvalue weighted by molar-refractivity contribution is 7.90. The van der Waals surface area contributed by atoms with Crippen molar-refractivity contribution in [3.05, 3.63) is 95.4 Å². The standard InChI is InChI=1S/C48H52F3N11O6S/c49-32-14-19-61(28-32)69(67,68)57-38-8-7-37(50)42(43(38)51)44(64)36-26-54-45-35(36)24-31(25-53-45)30-3-5-33(6-4-30)59-17-12-29(13-18-59)27-58-20-22-60(23-21-58)40-11-15-52-46-34(40)2-1-16-62(46)48(66)55-39-9-10-41(63)56-47(39)65/h3-8,11,15,24-26,29,32,39,57H,1-2,9-10,12-14,16-23,27-28H2,(H,53,54)(H,55,66)(H,56,63,65)/t32-,39?/m1/s1. The van der Waals surface area contributed by atoms with Gasteiger partial charge in [-0.05, 0) is 86.4 Å². The Hall–Kier alpha value is -6.58. The molecule has 21 heteroatoms. The summed E-state index contributed by atoms with van der Waals surface area (Å²) in [6, 6.07) is 12.4. The van der Waals surface area contributed by atoms with E-state index in [4.69, 9.17) is 0 Å². The van der Waals surface area contributed by atoms with Crippen LogP contribution in [-0.2, 0) is 26.2 Å². The molecule has 0 bridgehead atoms. The van der Waals surface area contributed by atoms with Crippen molar-refractivity contribution in [2.45, 2.75) is 57.2 Å². The van der Waals surface area contributed by atoms with Crippen molar-refractivity contribution in [3.63, 3.8) is 0 Å².